The number of carbonyl (C=O) groups excluding carboxylic acids is 1. The summed E-state index contributed by atoms with van der Waals surface area (Å²) in [6.45, 7) is 0. The summed E-state index contributed by atoms with van der Waals surface area (Å²) in [5.41, 5.74) is -0.637. The lowest BCUT2D eigenvalue weighted by molar-refractivity contribution is -0.119. The molecular weight excluding hydrogens is 286 g/mol. The molecule has 0 fully saturated rings. The average molecular weight is 299 g/mol. The third kappa shape index (κ3) is 1.29. The number of carbonyl (C=O) groups is 1. The van der Waals surface area contributed by atoms with Crippen LogP contribution >= 0.6 is 0 Å². The Kier molecular flexibility index (Phi) is 2.18. The number of aromatic nitrogens is 2. The number of amides is 1. The number of rotatable bonds is 0. The molecule has 0 radical (unpaired) electrons. The van der Waals surface area contributed by atoms with E-state index in [2.05, 4.69) is 16.0 Å². The molecule has 3 heterocycles. The molecule has 1 aromatic heterocycles. The maximum Gasteiger partial charge on any atom is 0.332 e. The van der Waals surface area contributed by atoms with Gasteiger partial charge in [0, 0.05) is 25.3 Å². The smallest absolute Gasteiger partial charge is 0.332 e. The molecule has 2 aliphatic rings. The molecule has 1 amide bonds. The Bertz CT molecular complexity index is 958. The Morgan fingerprint density at radius 2 is 1.73 bits per heavy atom. The first-order chi connectivity index (χ1) is 10.5. The molecule has 0 unspecified atom stereocenters. The zero-order valence-corrected chi connectivity index (χ0v) is 11.9. The predicted molar refractivity (Wildman–Crippen MR) is 80.9 cm³/mol. The van der Waals surface area contributed by atoms with Gasteiger partial charge in [0.1, 0.15) is 11.5 Å². The van der Waals surface area contributed by atoms with Crippen LogP contribution in [0.4, 0.5) is 17.2 Å². The standard InChI is InChI=1S/C14H13N5O3/c1-18-10-9(11(20)19(2)13(18)22)16-14(17-10)7-5-3-4-6-8(7)15-12(14)21/h3-6,16-17H,1-2H3,(H,15,21)/t14-/m0/s1. The third-order valence-electron chi connectivity index (χ3n) is 4.20. The first-order valence-electron chi connectivity index (χ1n) is 6.73. The van der Waals surface area contributed by atoms with Crippen molar-refractivity contribution >= 4 is 23.1 Å². The van der Waals surface area contributed by atoms with E-state index in [4.69, 9.17) is 0 Å². The third-order valence-corrected chi connectivity index (χ3v) is 4.20. The fourth-order valence-electron chi connectivity index (χ4n) is 3.01. The number of para-hydroxylation sites is 1. The Morgan fingerprint density at radius 1 is 1.00 bits per heavy atom. The summed E-state index contributed by atoms with van der Waals surface area (Å²) in [5.74, 6) is -0.0145. The Labute approximate surface area is 124 Å². The predicted octanol–water partition coefficient (Wildman–Crippen LogP) is -0.273. The molecule has 22 heavy (non-hydrogen) atoms. The molecule has 0 saturated carbocycles. The van der Waals surface area contributed by atoms with Gasteiger partial charge in [-0.2, -0.15) is 0 Å². The highest BCUT2D eigenvalue weighted by atomic mass is 16.2. The highest BCUT2D eigenvalue weighted by molar-refractivity contribution is 6.11. The van der Waals surface area contributed by atoms with Crippen molar-refractivity contribution in [3.63, 3.8) is 0 Å². The Hall–Kier alpha value is -3.03. The number of fused-ring (bicyclic) bond motifs is 3. The maximum absolute atomic E-state index is 12.5. The topological polar surface area (TPSA) is 97.2 Å². The second kappa shape index (κ2) is 3.79. The number of anilines is 3. The largest absolute Gasteiger partial charge is 0.344 e. The lowest BCUT2D eigenvalue weighted by atomic mass is 10.0. The molecule has 8 heteroatoms. The Morgan fingerprint density at radius 3 is 2.50 bits per heavy atom. The molecule has 2 aromatic rings. The summed E-state index contributed by atoms with van der Waals surface area (Å²) in [5, 5.41) is 8.77. The second-order valence-corrected chi connectivity index (χ2v) is 5.43. The van der Waals surface area contributed by atoms with E-state index < -0.39 is 16.9 Å². The average Bonchev–Trinajstić information content (AvgIpc) is 3.04. The van der Waals surface area contributed by atoms with Crippen molar-refractivity contribution in [3.8, 4) is 0 Å². The zero-order chi connectivity index (χ0) is 15.6. The van der Waals surface area contributed by atoms with Crippen molar-refractivity contribution in [1.82, 2.24) is 9.13 Å². The fourth-order valence-corrected chi connectivity index (χ4v) is 3.01. The summed E-state index contributed by atoms with van der Waals surface area (Å²) in [6, 6.07) is 7.20. The molecule has 1 aromatic carbocycles. The molecule has 0 bridgehead atoms. The van der Waals surface area contributed by atoms with Crippen LogP contribution in [0.2, 0.25) is 0 Å². The number of hydrogen-bond donors (Lipinski definition) is 3. The van der Waals surface area contributed by atoms with Crippen molar-refractivity contribution in [1.29, 1.82) is 0 Å². The van der Waals surface area contributed by atoms with E-state index in [1.807, 2.05) is 12.1 Å². The van der Waals surface area contributed by atoms with E-state index in [0.717, 1.165) is 4.57 Å². The quantitative estimate of drug-likeness (QED) is 0.622. The zero-order valence-electron chi connectivity index (χ0n) is 11.9. The van der Waals surface area contributed by atoms with Gasteiger partial charge in [0.25, 0.3) is 11.5 Å². The highest BCUT2D eigenvalue weighted by Gasteiger charge is 2.52. The number of benzene rings is 1. The van der Waals surface area contributed by atoms with E-state index in [-0.39, 0.29) is 11.6 Å². The van der Waals surface area contributed by atoms with Gasteiger partial charge in [-0.05, 0) is 6.07 Å². The Balaban J connectivity index is 1.99. The molecular formula is C14H13N5O3. The summed E-state index contributed by atoms with van der Waals surface area (Å²) < 4.78 is 2.32. The molecule has 0 saturated heterocycles. The monoisotopic (exact) mass is 299 g/mol. The highest BCUT2D eigenvalue weighted by Crippen LogP contribution is 2.43. The maximum atomic E-state index is 12.5. The summed E-state index contributed by atoms with van der Waals surface area (Å²) in [6.07, 6.45) is 0. The molecule has 3 N–H and O–H groups in total. The van der Waals surface area contributed by atoms with Gasteiger partial charge in [0.05, 0.1) is 0 Å². The first kappa shape index (κ1) is 12.7. The van der Waals surface area contributed by atoms with E-state index >= 15 is 0 Å². The van der Waals surface area contributed by atoms with E-state index in [1.165, 1.54) is 11.6 Å². The second-order valence-electron chi connectivity index (χ2n) is 5.43. The fraction of sp³-hybridized carbons (Fsp3) is 0.214. The van der Waals surface area contributed by atoms with Gasteiger partial charge in [0.2, 0.25) is 5.66 Å². The van der Waals surface area contributed by atoms with Crippen LogP contribution in [0.15, 0.2) is 33.9 Å². The van der Waals surface area contributed by atoms with E-state index in [1.54, 1.807) is 19.2 Å². The minimum absolute atomic E-state index is 0.205. The molecule has 8 nitrogen and oxygen atoms in total. The van der Waals surface area contributed by atoms with Crippen molar-refractivity contribution in [2.45, 2.75) is 5.66 Å². The summed E-state index contributed by atoms with van der Waals surface area (Å²) >= 11 is 0. The lowest BCUT2D eigenvalue weighted by Gasteiger charge is -2.23. The first-order valence-corrected chi connectivity index (χ1v) is 6.73. The van der Waals surface area contributed by atoms with Crippen molar-refractivity contribution in [2.24, 2.45) is 14.1 Å². The van der Waals surface area contributed by atoms with Crippen LogP contribution in [0.3, 0.4) is 0 Å². The molecule has 1 atom stereocenters. The number of hydrogen-bond acceptors (Lipinski definition) is 5. The molecule has 112 valence electrons. The van der Waals surface area contributed by atoms with Gasteiger partial charge < -0.3 is 16.0 Å². The van der Waals surface area contributed by atoms with Crippen LogP contribution in [-0.4, -0.2) is 15.0 Å². The molecule has 1 spiro atoms. The minimum atomic E-state index is -1.27. The van der Waals surface area contributed by atoms with Crippen molar-refractivity contribution in [2.75, 3.05) is 16.0 Å². The minimum Gasteiger partial charge on any atom is -0.344 e. The lowest BCUT2D eigenvalue weighted by Crippen LogP contribution is -2.45. The normalized spacial score (nSPS) is 21.1. The van der Waals surface area contributed by atoms with Crippen LogP contribution in [0.1, 0.15) is 5.56 Å². The van der Waals surface area contributed by atoms with Crippen LogP contribution in [-0.2, 0) is 24.6 Å². The van der Waals surface area contributed by atoms with Gasteiger partial charge in [-0.15, -0.1) is 0 Å². The van der Waals surface area contributed by atoms with E-state index in [9.17, 15) is 14.4 Å². The van der Waals surface area contributed by atoms with Gasteiger partial charge in [-0.1, -0.05) is 18.2 Å². The van der Waals surface area contributed by atoms with E-state index in [0.29, 0.717) is 17.1 Å². The van der Waals surface area contributed by atoms with Gasteiger partial charge >= 0.3 is 5.69 Å². The molecule has 0 aliphatic carbocycles. The van der Waals surface area contributed by atoms with Gasteiger partial charge in [-0.3, -0.25) is 18.7 Å². The summed E-state index contributed by atoms with van der Waals surface area (Å²) in [7, 11) is 2.95. The van der Waals surface area contributed by atoms with Crippen LogP contribution < -0.4 is 27.2 Å². The number of nitrogens with zero attached hydrogens (tertiary/aromatic N) is 2. The molecule has 2 aliphatic heterocycles. The summed E-state index contributed by atoms with van der Waals surface area (Å²) in [4.78, 5) is 36.8. The molecule has 4 rings (SSSR count). The SMILES string of the molecule is Cn1c2c(c(=O)n(C)c1=O)N[C@@]1(N2)C(=O)Nc2ccccc21. The van der Waals surface area contributed by atoms with Crippen LogP contribution in [0.5, 0.6) is 0 Å². The van der Waals surface area contributed by atoms with Gasteiger partial charge in [-0.25, -0.2) is 4.79 Å². The van der Waals surface area contributed by atoms with Crippen molar-refractivity contribution < 1.29 is 4.79 Å². The van der Waals surface area contributed by atoms with Crippen LogP contribution in [0.25, 0.3) is 0 Å². The van der Waals surface area contributed by atoms with Gasteiger partial charge in [0.15, 0.2) is 0 Å². The van der Waals surface area contributed by atoms with Crippen molar-refractivity contribution in [3.05, 3.63) is 50.7 Å². The number of nitrogens with one attached hydrogen (secondary N) is 3. The van der Waals surface area contributed by atoms with Crippen LogP contribution in [0, 0.1) is 0 Å².